The van der Waals surface area contributed by atoms with Gasteiger partial charge in [0.15, 0.2) is 0 Å². The van der Waals surface area contributed by atoms with Crippen LogP contribution >= 0.6 is 12.4 Å². The number of nitrogens with zero attached hydrogens (tertiary/aromatic N) is 2. The molecule has 2 aromatic carbocycles. The molecule has 5 heteroatoms. The average Bonchev–Trinajstić information content (AvgIpc) is 3.47. The van der Waals surface area contributed by atoms with Crippen LogP contribution in [0.2, 0.25) is 0 Å². The molecule has 1 saturated carbocycles. The molecule has 2 aromatic rings. The van der Waals surface area contributed by atoms with Crippen LogP contribution in [-0.4, -0.2) is 48.4 Å². The van der Waals surface area contributed by atoms with Crippen molar-refractivity contribution < 1.29 is 9.18 Å². The Hall–Kier alpha value is -1.91. The highest BCUT2D eigenvalue weighted by molar-refractivity contribution is 5.85. The molecule has 1 aliphatic heterocycles. The lowest BCUT2D eigenvalue weighted by atomic mass is 10.0. The summed E-state index contributed by atoms with van der Waals surface area (Å²) in [5, 5.41) is 0. The van der Waals surface area contributed by atoms with Gasteiger partial charge in [-0.3, -0.25) is 9.69 Å². The molecule has 0 N–H and O–H groups in total. The molecular formula is C22H26ClFN2O. The van der Waals surface area contributed by atoms with E-state index in [0.717, 1.165) is 43.2 Å². The molecule has 0 bridgehead atoms. The van der Waals surface area contributed by atoms with Gasteiger partial charge in [0.05, 0.1) is 6.42 Å². The highest BCUT2D eigenvalue weighted by Gasteiger charge is 2.27. The second-order valence-electron chi connectivity index (χ2n) is 7.48. The summed E-state index contributed by atoms with van der Waals surface area (Å²) in [6.45, 7) is 4.69. The molecule has 3 nitrogen and oxygen atoms in total. The summed E-state index contributed by atoms with van der Waals surface area (Å²) < 4.78 is 14.5. The minimum atomic E-state index is -0.268. The first kappa shape index (κ1) is 19.8. The van der Waals surface area contributed by atoms with Crippen LogP contribution in [0.4, 0.5) is 4.39 Å². The molecule has 2 fully saturated rings. The maximum atomic E-state index is 14.5. The van der Waals surface area contributed by atoms with Gasteiger partial charge in [0, 0.05) is 38.3 Å². The fraction of sp³-hybridized carbons (Fsp3) is 0.409. The molecule has 1 aliphatic carbocycles. The highest BCUT2D eigenvalue weighted by atomic mass is 35.5. The molecule has 0 aromatic heterocycles. The molecule has 1 saturated heterocycles. The average molecular weight is 389 g/mol. The summed E-state index contributed by atoms with van der Waals surface area (Å²) in [5.41, 5.74) is 2.18. The molecule has 144 valence electrons. The lowest BCUT2D eigenvalue weighted by Crippen LogP contribution is -2.49. The van der Waals surface area contributed by atoms with Crippen LogP contribution in [0, 0.1) is 11.7 Å². The summed E-state index contributed by atoms with van der Waals surface area (Å²) in [6, 6.07) is 14.6. The van der Waals surface area contributed by atoms with Crippen molar-refractivity contribution in [2.75, 3.05) is 32.7 Å². The number of piperazine rings is 1. The van der Waals surface area contributed by atoms with Crippen LogP contribution in [0.5, 0.6) is 0 Å². The lowest BCUT2D eigenvalue weighted by molar-refractivity contribution is -0.132. The number of hydrogen-bond acceptors (Lipinski definition) is 2. The predicted octanol–water partition coefficient (Wildman–Crippen LogP) is 4.01. The van der Waals surface area contributed by atoms with E-state index in [2.05, 4.69) is 4.90 Å². The maximum Gasteiger partial charge on any atom is 0.227 e. The van der Waals surface area contributed by atoms with Gasteiger partial charge < -0.3 is 4.90 Å². The third-order valence-corrected chi connectivity index (χ3v) is 5.41. The van der Waals surface area contributed by atoms with Gasteiger partial charge in [-0.2, -0.15) is 0 Å². The fourth-order valence-corrected chi connectivity index (χ4v) is 3.65. The molecule has 0 radical (unpaired) electrons. The van der Waals surface area contributed by atoms with Crippen molar-refractivity contribution in [3.63, 3.8) is 0 Å². The van der Waals surface area contributed by atoms with E-state index in [0.29, 0.717) is 5.56 Å². The molecule has 0 atom stereocenters. The first-order valence-electron chi connectivity index (χ1n) is 9.53. The quantitative estimate of drug-likeness (QED) is 0.772. The molecule has 2 aliphatic rings. The smallest absolute Gasteiger partial charge is 0.227 e. The Morgan fingerprint density at radius 1 is 1.00 bits per heavy atom. The van der Waals surface area contributed by atoms with E-state index < -0.39 is 0 Å². The third-order valence-electron chi connectivity index (χ3n) is 5.41. The maximum absolute atomic E-state index is 14.5. The van der Waals surface area contributed by atoms with Crippen LogP contribution in [0.3, 0.4) is 0 Å². The van der Waals surface area contributed by atoms with Crippen LogP contribution in [0.1, 0.15) is 18.4 Å². The van der Waals surface area contributed by atoms with Crippen molar-refractivity contribution in [1.29, 1.82) is 0 Å². The summed E-state index contributed by atoms with van der Waals surface area (Å²) in [5.74, 6) is 0.724. The van der Waals surface area contributed by atoms with Gasteiger partial charge in [0.25, 0.3) is 0 Å². The van der Waals surface area contributed by atoms with Gasteiger partial charge in [0.2, 0.25) is 5.91 Å². The number of rotatable bonds is 5. The van der Waals surface area contributed by atoms with Gasteiger partial charge >= 0.3 is 0 Å². The van der Waals surface area contributed by atoms with Crippen molar-refractivity contribution in [3.8, 4) is 11.1 Å². The van der Waals surface area contributed by atoms with Crippen molar-refractivity contribution in [3.05, 3.63) is 59.9 Å². The summed E-state index contributed by atoms with van der Waals surface area (Å²) in [7, 11) is 0. The number of carbonyl (C=O) groups excluding carboxylic acids is 1. The predicted molar refractivity (Wildman–Crippen MR) is 109 cm³/mol. The Bertz CT molecular complexity index is 771. The minimum Gasteiger partial charge on any atom is -0.340 e. The third kappa shape index (κ3) is 5.08. The lowest BCUT2D eigenvalue weighted by Gasteiger charge is -2.34. The van der Waals surface area contributed by atoms with Gasteiger partial charge in [-0.25, -0.2) is 4.39 Å². The topological polar surface area (TPSA) is 23.6 Å². The SMILES string of the molecule is Cl.O=C(Cc1ccc(-c2ccccc2)c(F)c1)N1CCN(CC2CC2)CC1. The van der Waals surface area contributed by atoms with E-state index >= 15 is 0 Å². The molecule has 1 amide bonds. The second kappa shape index (κ2) is 8.85. The first-order valence-corrected chi connectivity index (χ1v) is 9.53. The summed E-state index contributed by atoms with van der Waals surface area (Å²) in [4.78, 5) is 17.0. The monoisotopic (exact) mass is 388 g/mol. The van der Waals surface area contributed by atoms with E-state index in [1.165, 1.54) is 25.5 Å². The van der Waals surface area contributed by atoms with Crippen molar-refractivity contribution in [2.24, 2.45) is 5.92 Å². The molecule has 0 spiro atoms. The van der Waals surface area contributed by atoms with Gasteiger partial charge in [-0.1, -0.05) is 42.5 Å². The van der Waals surface area contributed by atoms with Gasteiger partial charge in [0.1, 0.15) is 5.82 Å². The summed E-state index contributed by atoms with van der Waals surface area (Å²) >= 11 is 0. The first-order chi connectivity index (χ1) is 12.7. The highest BCUT2D eigenvalue weighted by Crippen LogP contribution is 2.30. The Balaban J connectivity index is 0.00000210. The van der Waals surface area contributed by atoms with E-state index in [4.69, 9.17) is 0 Å². The zero-order chi connectivity index (χ0) is 17.9. The Kier molecular flexibility index (Phi) is 6.51. The van der Waals surface area contributed by atoms with E-state index in [9.17, 15) is 9.18 Å². The van der Waals surface area contributed by atoms with E-state index in [1.54, 1.807) is 6.07 Å². The number of carbonyl (C=O) groups is 1. The van der Waals surface area contributed by atoms with Crippen molar-refractivity contribution in [1.82, 2.24) is 9.80 Å². The summed E-state index contributed by atoms with van der Waals surface area (Å²) in [6.07, 6.45) is 3.00. The van der Waals surface area contributed by atoms with Crippen LogP contribution in [-0.2, 0) is 11.2 Å². The van der Waals surface area contributed by atoms with Gasteiger partial charge in [-0.15, -0.1) is 12.4 Å². The Morgan fingerprint density at radius 3 is 2.33 bits per heavy atom. The number of halogens is 2. The molecule has 0 unspecified atom stereocenters. The van der Waals surface area contributed by atoms with Crippen molar-refractivity contribution >= 4 is 18.3 Å². The minimum absolute atomic E-state index is 0. The number of amides is 1. The molecular weight excluding hydrogens is 363 g/mol. The largest absolute Gasteiger partial charge is 0.340 e. The molecule has 27 heavy (non-hydrogen) atoms. The van der Waals surface area contributed by atoms with E-state index in [-0.39, 0.29) is 30.6 Å². The zero-order valence-corrected chi connectivity index (χ0v) is 16.3. The number of hydrogen-bond donors (Lipinski definition) is 0. The molecule has 4 rings (SSSR count). The van der Waals surface area contributed by atoms with Crippen LogP contribution < -0.4 is 0 Å². The van der Waals surface area contributed by atoms with Crippen LogP contribution in [0.25, 0.3) is 11.1 Å². The van der Waals surface area contributed by atoms with E-state index in [1.807, 2.05) is 41.3 Å². The zero-order valence-electron chi connectivity index (χ0n) is 15.4. The normalized spacial score (nSPS) is 17.4. The Labute approximate surface area is 166 Å². The van der Waals surface area contributed by atoms with Crippen LogP contribution in [0.15, 0.2) is 48.5 Å². The number of benzene rings is 2. The molecule has 1 heterocycles. The fourth-order valence-electron chi connectivity index (χ4n) is 3.65. The van der Waals surface area contributed by atoms with Gasteiger partial charge in [-0.05, 0) is 36.0 Å². The Morgan fingerprint density at radius 2 is 1.70 bits per heavy atom. The standard InChI is InChI=1S/C22H25FN2O.ClH/c23-21-14-18(8-9-20(21)19-4-2-1-3-5-19)15-22(26)25-12-10-24(11-13-25)16-17-6-7-17;/h1-5,8-9,14,17H,6-7,10-13,15-16H2;1H. The van der Waals surface area contributed by atoms with Crippen molar-refractivity contribution in [2.45, 2.75) is 19.3 Å². The second-order valence-corrected chi connectivity index (χ2v) is 7.48.